The van der Waals surface area contributed by atoms with Crippen LogP contribution in [-0.2, 0) is 6.42 Å². The Morgan fingerprint density at radius 1 is 1.30 bits per heavy atom. The van der Waals surface area contributed by atoms with Gasteiger partial charge in [0.1, 0.15) is 11.4 Å². The highest BCUT2D eigenvalue weighted by molar-refractivity contribution is 5.46. The number of rotatable bonds is 2. The van der Waals surface area contributed by atoms with Crippen LogP contribution < -0.4 is 4.74 Å². The molecule has 0 amide bonds. The largest absolute Gasteiger partial charge is 0.487 e. The molecule has 1 aromatic rings. The molecule has 3 rings (SSSR count). The van der Waals surface area contributed by atoms with Gasteiger partial charge >= 0.3 is 0 Å². The van der Waals surface area contributed by atoms with E-state index < -0.39 is 0 Å². The summed E-state index contributed by atoms with van der Waals surface area (Å²) in [5.41, 5.74) is 4.28. The lowest BCUT2D eigenvalue weighted by molar-refractivity contribution is 0.0116. The van der Waals surface area contributed by atoms with Crippen LogP contribution in [0, 0.1) is 5.92 Å². The van der Waals surface area contributed by atoms with Gasteiger partial charge in [-0.2, -0.15) is 0 Å². The third-order valence-electron chi connectivity index (χ3n) is 4.99. The molecule has 1 nitrogen and oxygen atoms in total. The molecule has 1 heteroatoms. The molecule has 1 aromatic carbocycles. The van der Waals surface area contributed by atoms with Gasteiger partial charge in [-0.05, 0) is 51.7 Å². The normalized spacial score (nSPS) is 27.1. The lowest BCUT2D eigenvalue weighted by Crippen LogP contribution is -2.45. The lowest BCUT2D eigenvalue weighted by atomic mass is 9.68. The van der Waals surface area contributed by atoms with Crippen molar-refractivity contribution in [3.63, 3.8) is 0 Å². The van der Waals surface area contributed by atoms with Crippen LogP contribution in [0.15, 0.2) is 29.8 Å². The summed E-state index contributed by atoms with van der Waals surface area (Å²) in [6.07, 6.45) is 7.28. The van der Waals surface area contributed by atoms with E-state index in [1.165, 1.54) is 36.0 Å². The number of benzene rings is 1. The van der Waals surface area contributed by atoms with Gasteiger partial charge in [-0.1, -0.05) is 37.1 Å². The first kappa shape index (κ1) is 13.7. The number of allylic oxidation sites excluding steroid dienone is 2. The SMILES string of the molecule is CCCc1ccc2c(c1)OC(C)(C)C1CCC(C)=C[C@@H]21. The van der Waals surface area contributed by atoms with Crippen LogP contribution in [-0.4, -0.2) is 5.60 Å². The van der Waals surface area contributed by atoms with Gasteiger partial charge in [-0.15, -0.1) is 0 Å². The summed E-state index contributed by atoms with van der Waals surface area (Å²) in [5, 5.41) is 0. The zero-order chi connectivity index (χ0) is 14.3. The smallest absolute Gasteiger partial charge is 0.124 e. The van der Waals surface area contributed by atoms with Crippen molar-refractivity contribution in [1.29, 1.82) is 0 Å². The first-order valence-corrected chi connectivity index (χ1v) is 8.00. The molecule has 0 bridgehead atoms. The second-order valence-corrected chi connectivity index (χ2v) is 7.01. The number of ether oxygens (including phenoxy) is 1. The second kappa shape index (κ2) is 4.95. The molecule has 0 aromatic heterocycles. The summed E-state index contributed by atoms with van der Waals surface area (Å²) >= 11 is 0. The van der Waals surface area contributed by atoms with Crippen LogP contribution in [0.2, 0.25) is 0 Å². The molecule has 108 valence electrons. The van der Waals surface area contributed by atoms with Crippen LogP contribution in [0.4, 0.5) is 0 Å². The van der Waals surface area contributed by atoms with E-state index in [9.17, 15) is 0 Å². The fourth-order valence-electron chi connectivity index (χ4n) is 3.90. The highest BCUT2D eigenvalue weighted by Crippen LogP contribution is 2.50. The zero-order valence-electron chi connectivity index (χ0n) is 13.2. The van der Waals surface area contributed by atoms with Gasteiger partial charge in [0.25, 0.3) is 0 Å². The standard InChI is InChI=1S/C19H26O/c1-5-6-14-8-9-15-16-11-13(2)7-10-17(16)19(3,4)20-18(15)12-14/h8-9,11-12,16-17H,5-7,10H2,1-4H3/t16-,17?/m0/s1. The monoisotopic (exact) mass is 270 g/mol. The molecule has 1 aliphatic heterocycles. The Hall–Kier alpha value is -1.24. The lowest BCUT2D eigenvalue weighted by Gasteiger charge is -2.46. The van der Waals surface area contributed by atoms with Gasteiger partial charge in [-0.25, -0.2) is 0 Å². The van der Waals surface area contributed by atoms with Crippen LogP contribution in [0.3, 0.4) is 0 Å². The van der Waals surface area contributed by atoms with E-state index in [-0.39, 0.29) is 5.60 Å². The fraction of sp³-hybridized carbons (Fsp3) is 0.579. The fourth-order valence-corrected chi connectivity index (χ4v) is 3.90. The summed E-state index contributed by atoms with van der Waals surface area (Å²) in [5.74, 6) is 2.27. The van der Waals surface area contributed by atoms with Gasteiger partial charge in [-0.3, -0.25) is 0 Å². The highest BCUT2D eigenvalue weighted by Gasteiger charge is 2.43. The van der Waals surface area contributed by atoms with E-state index in [0.717, 1.165) is 12.2 Å². The summed E-state index contributed by atoms with van der Waals surface area (Å²) in [6, 6.07) is 6.87. The molecule has 1 heterocycles. The van der Waals surface area contributed by atoms with Gasteiger partial charge in [0.05, 0.1) is 0 Å². The molecule has 2 atom stereocenters. The summed E-state index contributed by atoms with van der Waals surface area (Å²) < 4.78 is 6.38. The van der Waals surface area contributed by atoms with Crippen LogP contribution in [0.5, 0.6) is 5.75 Å². The molecule has 0 saturated carbocycles. The van der Waals surface area contributed by atoms with Crippen molar-refractivity contribution < 1.29 is 4.74 Å². The van der Waals surface area contributed by atoms with Crippen molar-refractivity contribution in [2.45, 2.75) is 64.9 Å². The summed E-state index contributed by atoms with van der Waals surface area (Å²) in [6.45, 7) is 9.01. The number of aryl methyl sites for hydroxylation is 1. The van der Waals surface area contributed by atoms with E-state index in [1.54, 1.807) is 0 Å². The Kier molecular flexibility index (Phi) is 3.40. The Bertz CT molecular complexity index is 539. The van der Waals surface area contributed by atoms with E-state index in [0.29, 0.717) is 11.8 Å². The van der Waals surface area contributed by atoms with Gasteiger partial charge in [0, 0.05) is 17.4 Å². The minimum Gasteiger partial charge on any atom is -0.487 e. The second-order valence-electron chi connectivity index (χ2n) is 7.01. The minimum atomic E-state index is -0.0558. The minimum absolute atomic E-state index is 0.0558. The third kappa shape index (κ3) is 2.28. The Labute approximate surface area is 123 Å². The van der Waals surface area contributed by atoms with E-state index in [4.69, 9.17) is 4.74 Å². The molecule has 0 saturated heterocycles. The van der Waals surface area contributed by atoms with Crippen LogP contribution in [0.1, 0.15) is 64.0 Å². The Morgan fingerprint density at radius 2 is 2.10 bits per heavy atom. The molecule has 2 aliphatic rings. The molecule has 0 fully saturated rings. The summed E-state index contributed by atoms with van der Waals surface area (Å²) in [4.78, 5) is 0. The topological polar surface area (TPSA) is 9.23 Å². The van der Waals surface area contributed by atoms with Gasteiger partial charge < -0.3 is 4.74 Å². The van der Waals surface area contributed by atoms with Crippen molar-refractivity contribution in [1.82, 2.24) is 0 Å². The molecule has 1 unspecified atom stereocenters. The zero-order valence-corrected chi connectivity index (χ0v) is 13.2. The van der Waals surface area contributed by atoms with Crippen LogP contribution in [0.25, 0.3) is 0 Å². The molecule has 1 aliphatic carbocycles. The van der Waals surface area contributed by atoms with Crippen LogP contribution >= 0.6 is 0 Å². The average Bonchev–Trinajstić information content (AvgIpc) is 2.37. The molecule has 0 N–H and O–H groups in total. The molecular formula is C19H26O. The van der Waals surface area contributed by atoms with Crippen molar-refractivity contribution >= 4 is 0 Å². The number of hydrogen-bond donors (Lipinski definition) is 0. The van der Waals surface area contributed by atoms with Crippen molar-refractivity contribution in [3.05, 3.63) is 41.0 Å². The first-order valence-electron chi connectivity index (χ1n) is 8.00. The van der Waals surface area contributed by atoms with E-state index in [1.807, 2.05) is 0 Å². The van der Waals surface area contributed by atoms with Crippen molar-refractivity contribution in [2.24, 2.45) is 5.92 Å². The number of hydrogen-bond acceptors (Lipinski definition) is 1. The van der Waals surface area contributed by atoms with Crippen molar-refractivity contribution in [3.8, 4) is 5.75 Å². The van der Waals surface area contributed by atoms with E-state index in [2.05, 4.69) is 52.0 Å². The molecule has 0 radical (unpaired) electrons. The maximum Gasteiger partial charge on any atom is 0.124 e. The van der Waals surface area contributed by atoms with Gasteiger partial charge in [0.15, 0.2) is 0 Å². The maximum atomic E-state index is 6.38. The predicted molar refractivity (Wildman–Crippen MR) is 84.4 cm³/mol. The quantitative estimate of drug-likeness (QED) is 0.667. The first-order chi connectivity index (χ1) is 9.51. The predicted octanol–water partition coefficient (Wildman–Crippen LogP) is 5.25. The average molecular weight is 270 g/mol. The summed E-state index contributed by atoms with van der Waals surface area (Å²) in [7, 11) is 0. The number of fused-ring (bicyclic) bond motifs is 3. The van der Waals surface area contributed by atoms with Crippen molar-refractivity contribution in [2.75, 3.05) is 0 Å². The van der Waals surface area contributed by atoms with E-state index >= 15 is 0 Å². The van der Waals surface area contributed by atoms with Gasteiger partial charge in [0.2, 0.25) is 0 Å². The molecular weight excluding hydrogens is 244 g/mol. The Balaban J connectivity index is 2.06. The third-order valence-corrected chi connectivity index (χ3v) is 4.99. The molecule has 20 heavy (non-hydrogen) atoms. The maximum absolute atomic E-state index is 6.38. The molecule has 0 spiro atoms. The highest BCUT2D eigenvalue weighted by atomic mass is 16.5. The Morgan fingerprint density at radius 3 is 2.85 bits per heavy atom.